The Morgan fingerprint density at radius 2 is 2.12 bits per heavy atom. The van der Waals surface area contributed by atoms with Crippen molar-refractivity contribution in [2.75, 3.05) is 33.5 Å². The van der Waals surface area contributed by atoms with Gasteiger partial charge < -0.3 is 14.8 Å². The summed E-state index contributed by atoms with van der Waals surface area (Å²) in [7, 11) is 1.47. The molecule has 8 heteroatoms. The summed E-state index contributed by atoms with van der Waals surface area (Å²) in [6, 6.07) is 0. The zero-order chi connectivity index (χ0) is 13.3. The Morgan fingerprint density at radius 3 is 2.65 bits per heavy atom. The predicted molar refractivity (Wildman–Crippen MR) is 56.0 cm³/mol. The summed E-state index contributed by atoms with van der Waals surface area (Å²) >= 11 is 5.73. The van der Waals surface area contributed by atoms with Crippen LogP contribution in [-0.2, 0) is 14.3 Å². The van der Waals surface area contributed by atoms with Crippen molar-refractivity contribution in [1.82, 2.24) is 5.32 Å². The fraction of sp³-hybridized carbons (Fsp3) is 0.889. The lowest BCUT2D eigenvalue weighted by molar-refractivity contribution is -0.174. The quantitative estimate of drug-likeness (QED) is 0.538. The first kappa shape index (κ1) is 16.5. The Kier molecular flexibility index (Phi) is 8.28. The van der Waals surface area contributed by atoms with E-state index in [1.807, 2.05) is 0 Å². The van der Waals surface area contributed by atoms with E-state index < -0.39 is 18.7 Å². The van der Waals surface area contributed by atoms with Crippen molar-refractivity contribution in [3.8, 4) is 0 Å². The fourth-order valence-electron chi connectivity index (χ4n) is 0.906. The number of alkyl halides is 4. The molecule has 0 aromatic heterocycles. The highest BCUT2D eigenvalue weighted by atomic mass is 35.5. The number of carbonyl (C=O) groups excluding carboxylic acids is 1. The van der Waals surface area contributed by atoms with Crippen LogP contribution in [0, 0.1) is 0 Å². The molecule has 1 atom stereocenters. The highest BCUT2D eigenvalue weighted by Gasteiger charge is 2.27. The topological polar surface area (TPSA) is 47.6 Å². The average molecular weight is 278 g/mol. The molecule has 0 heterocycles. The van der Waals surface area contributed by atoms with Crippen molar-refractivity contribution < 1.29 is 27.4 Å². The van der Waals surface area contributed by atoms with Crippen molar-refractivity contribution >= 4 is 17.5 Å². The molecule has 0 rings (SSSR count). The number of hydrogen-bond acceptors (Lipinski definition) is 3. The van der Waals surface area contributed by atoms with E-state index >= 15 is 0 Å². The Labute approximate surface area is 102 Å². The van der Waals surface area contributed by atoms with Crippen LogP contribution in [0.15, 0.2) is 0 Å². The largest absolute Gasteiger partial charge is 0.411 e. The fourth-order valence-corrected chi connectivity index (χ4v) is 1.11. The molecule has 0 spiro atoms. The molecule has 102 valence electrons. The standard InChI is InChI=1S/C9H15ClF3NO3/c1-16-5-7(10)4-14-8(15)2-3-17-6-9(11,12)13/h7H,2-6H2,1H3,(H,14,15). The molecule has 1 amide bonds. The second kappa shape index (κ2) is 8.54. The summed E-state index contributed by atoms with van der Waals surface area (Å²) in [4.78, 5) is 11.1. The van der Waals surface area contributed by atoms with Gasteiger partial charge in [-0.2, -0.15) is 13.2 Å². The molecule has 0 aromatic carbocycles. The average Bonchev–Trinajstić information content (AvgIpc) is 2.21. The first-order chi connectivity index (χ1) is 7.85. The third kappa shape index (κ3) is 11.7. The predicted octanol–water partition coefficient (Wildman–Crippen LogP) is 1.33. The van der Waals surface area contributed by atoms with Gasteiger partial charge in [-0.05, 0) is 0 Å². The normalized spacial score (nSPS) is 13.5. The Bertz CT molecular complexity index is 226. The maximum atomic E-state index is 11.7. The number of halogens is 4. The Balaban J connectivity index is 3.47. The van der Waals surface area contributed by atoms with E-state index in [4.69, 9.17) is 16.3 Å². The summed E-state index contributed by atoms with van der Waals surface area (Å²) in [5.74, 6) is -0.408. The van der Waals surface area contributed by atoms with Gasteiger partial charge in [-0.25, -0.2) is 0 Å². The molecule has 1 N–H and O–H groups in total. The van der Waals surface area contributed by atoms with Gasteiger partial charge in [0.25, 0.3) is 0 Å². The number of amides is 1. The number of ether oxygens (including phenoxy) is 2. The lowest BCUT2D eigenvalue weighted by Crippen LogP contribution is -2.32. The van der Waals surface area contributed by atoms with E-state index in [1.165, 1.54) is 7.11 Å². The molecule has 4 nitrogen and oxygen atoms in total. The van der Waals surface area contributed by atoms with Crippen LogP contribution < -0.4 is 5.32 Å². The van der Waals surface area contributed by atoms with Crippen LogP contribution in [0.5, 0.6) is 0 Å². The smallest absolute Gasteiger partial charge is 0.383 e. The van der Waals surface area contributed by atoms with E-state index in [2.05, 4.69) is 10.1 Å². The number of nitrogens with one attached hydrogen (secondary N) is 1. The van der Waals surface area contributed by atoms with Crippen LogP contribution >= 0.6 is 11.6 Å². The SMILES string of the molecule is COCC(Cl)CNC(=O)CCOCC(F)(F)F. The van der Waals surface area contributed by atoms with Gasteiger partial charge in [0, 0.05) is 20.1 Å². The first-order valence-corrected chi connectivity index (χ1v) is 5.33. The molecule has 17 heavy (non-hydrogen) atoms. The van der Waals surface area contributed by atoms with Crippen molar-refractivity contribution in [1.29, 1.82) is 0 Å². The van der Waals surface area contributed by atoms with Crippen molar-refractivity contribution in [2.45, 2.75) is 18.0 Å². The molecule has 0 saturated carbocycles. The molecule has 0 aliphatic rings. The second-order valence-corrected chi connectivity index (χ2v) is 3.89. The van der Waals surface area contributed by atoms with Crippen LogP contribution in [0.3, 0.4) is 0 Å². The summed E-state index contributed by atoms with van der Waals surface area (Å²) in [6.07, 6.45) is -4.50. The molecule has 0 bridgehead atoms. The third-order valence-electron chi connectivity index (χ3n) is 1.61. The van der Waals surface area contributed by atoms with Gasteiger partial charge in [0.2, 0.25) is 5.91 Å². The summed E-state index contributed by atoms with van der Waals surface area (Å²) in [6.45, 7) is -1.13. The maximum Gasteiger partial charge on any atom is 0.411 e. The van der Waals surface area contributed by atoms with Crippen LogP contribution in [-0.4, -0.2) is 50.9 Å². The van der Waals surface area contributed by atoms with Gasteiger partial charge in [-0.3, -0.25) is 4.79 Å². The van der Waals surface area contributed by atoms with E-state index in [0.717, 1.165) is 0 Å². The van der Waals surface area contributed by atoms with Gasteiger partial charge in [0.1, 0.15) is 6.61 Å². The molecule has 0 radical (unpaired) electrons. The zero-order valence-electron chi connectivity index (χ0n) is 9.35. The first-order valence-electron chi connectivity index (χ1n) is 4.89. The minimum atomic E-state index is -4.36. The molecule has 0 aliphatic heterocycles. The number of methoxy groups -OCH3 is 1. The van der Waals surface area contributed by atoms with E-state index in [9.17, 15) is 18.0 Å². The lowest BCUT2D eigenvalue weighted by atomic mass is 10.4. The van der Waals surface area contributed by atoms with Crippen LogP contribution in [0.1, 0.15) is 6.42 Å². The lowest BCUT2D eigenvalue weighted by Gasteiger charge is -2.10. The third-order valence-corrected chi connectivity index (χ3v) is 1.89. The Hall–Kier alpha value is -0.530. The van der Waals surface area contributed by atoms with Crippen molar-refractivity contribution in [2.24, 2.45) is 0 Å². The van der Waals surface area contributed by atoms with Crippen LogP contribution in [0.25, 0.3) is 0 Å². The highest BCUT2D eigenvalue weighted by molar-refractivity contribution is 6.21. The summed E-state index contributed by atoms with van der Waals surface area (Å²) < 4.78 is 44.0. The molecule has 0 aromatic rings. The van der Waals surface area contributed by atoms with Gasteiger partial charge in [0.15, 0.2) is 0 Å². The minimum Gasteiger partial charge on any atom is -0.383 e. The summed E-state index contributed by atoms with van der Waals surface area (Å²) in [5.41, 5.74) is 0. The van der Waals surface area contributed by atoms with Gasteiger partial charge >= 0.3 is 6.18 Å². The Morgan fingerprint density at radius 1 is 1.47 bits per heavy atom. The second-order valence-electron chi connectivity index (χ2n) is 3.27. The molecule has 0 fully saturated rings. The number of rotatable bonds is 8. The van der Waals surface area contributed by atoms with E-state index in [-0.39, 0.29) is 31.6 Å². The highest BCUT2D eigenvalue weighted by Crippen LogP contribution is 2.14. The molecule has 0 saturated heterocycles. The minimum absolute atomic E-state index is 0.132. The van der Waals surface area contributed by atoms with Gasteiger partial charge in [-0.1, -0.05) is 0 Å². The van der Waals surface area contributed by atoms with Crippen LogP contribution in [0.2, 0.25) is 0 Å². The maximum absolute atomic E-state index is 11.7. The van der Waals surface area contributed by atoms with Crippen molar-refractivity contribution in [3.05, 3.63) is 0 Å². The molecule has 1 unspecified atom stereocenters. The molecular weight excluding hydrogens is 263 g/mol. The monoisotopic (exact) mass is 277 g/mol. The van der Waals surface area contributed by atoms with E-state index in [0.29, 0.717) is 0 Å². The van der Waals surface area contributed by atoms with Gasteiger partial charge in [0.05, 0.1) is 18.6 Å². The number of hydrogen-bond donors (Lipinski definition) is 1. The zero-order valence-corrected chi connectivity index (χ0v) is 10.1. The van der Waals surface area contributed by atoms with Gasteiger partial charge in [-0.15, -0.1) is 11.6 Å². The van der Waals surface area contributed by atoms with Crippen LogP contribution in [0.4, 0.5) is 13.2 Å². The van der Waals surface area contributed by atoms with E-state index in [1.54, 1.807) is 0 Å². The molecule has 0 aliphatic carbocycles. The van der Waals surface area contributed by atoms with Crippen molar-refractivity contribution in [3.63, 3.8) is 0 Å². The number of carbonyl (C=O) groups is 1. The summed E-state index contributed by atoms with van der Waals surface area (Å²) in [5, 5.41) is 2.09. The molecular formula is C9H15ClF3NO3.